The van der Waals surface area contributed by atoms with E-state index in [0.29, 0.717) is 18.6 Å². The molecule has 2 aromatic rings. The Kier molecular flexibility index (Phi) is 4.57. The van der Waals surface area contributed by atoms with Crippen LogP contribution in [0, 0.1) is 11.6 Å². The summed E-state index contributed by atoms with van der Waals surface area (Å²) in [5.74, 6) is -1.10. The molecule has 2 rings (SSSR count). The first-order valence-corrected chi connectivity index (χ1v) is 6.44. The van der Waals surface area contributed by atoms with Crippen LogP contribution in [0.1, 0.15) is 6.92 Å². The molecule has 0 aliphatic heterocycles. The maximum atomic E-state index is 13.7. The second-order valence-corrected chi connectivity index (χ2v) is 4.60. The number of aromatic nitrogens is 2. The Labute approximate surface area is 124 Å². The number of hydrogen-bond donors (Lipinski definition) is 2. The molecule has 0 amide bonds. The maximum absolute atomic E-state index is 13.7. The van der Waals surface area contributed by atoms with Gasteiger partial charge >= 0.3 is 0 Å². The highest BCUT2D eigenvalue weighted by Gasteiger charge is 2.13. The van der Waals surface area contributed by atoms with Crippen LogP contribution in [0.15, 0.2) is 18.3 Å². The highest BCUT2D eigenvalue weighted by molar-refractivity contribution is 6.34. The van der Waals surface area contributed by atoms with Gasteiger partial charge in [0.25, 0.3) is 0 Å². The molecule has 106 valence electrons. The summed E-state index contributed by atoms with van der Waals surface area (Å²) in [6, 6.07) is 1.71. The molecule has 0 fully saturated rings. The highest BCUT2D eigenvalue weighted by atomic mass is 35.5. The molecule has 0 aliphatic rings. The number of nitrogens with zero attached hydrogens (tertiary/aromatic N) is 2. The maximum Gasteiger partial charge on any atom is 0.224 e. The molecular weight excluding hydrogens is 309 g/mol. The minimum Gasteiger partial charge on any atom is -0.354 e. The summed E-state index contributed by atoms with van der Waals surface area (Å²) < 4.78 is 26.7. The van der Waals surface area contributed by atoms with Crippen molar-refractivity contribution in [2.24, 2.45) is 0 Å². The minimum absolute atomic E-state index is 0.101. The standard InChI is InChI=1S/C12H10Cl2F2N4/c1-2-17-12-18-5-8(14)11(20-12)19-10-7(13)3-6(15)4-9(10)16/h3-5H,2H2,1H3,(H2,17,18,19,20). The lowest BCUT2D eigenvalue weighted by molar-refractivity contribution is 0.586. The Morgan fingerprint density at radius 2 is 1.95 bits per heavy atom. The van der Waals surface area contributed by atoms with Crippen molar-refractivity contribution in [2.75, 3.05) is 17.2 Å². The molecular formula is C12H10Cl2F2N4. The molecule has 0 aliphatic carbocycles. The lowest BCUT2D eigenvalue weighted by atomic mass is 10.3. The van der Waals surface area contributed by atoms with Crippen molar-refractivity contribution in [3.05, 3.63) is 40.0 Å². The normalized spacial score (nSPS) is 10.4. The zero-order valence-electron chi connectivity index (χ0n) is 10.3. The fraction of sp³-hybridized carbons (Fsp3) is 0.167. The Morgan fingerprint density at radius 3 is 2.60 bits per heavy atom. The molecule has 0 bridgehead atoms. The largest absolute Gasteiger partial charge is 0.354 e. The monoisotopic (exact) mass is 318 g/mol. The third-order valence-electron chi connectivity index (χ3n) is 2.33. The molecule has 20 heavy (non-hydrogen) atoms. The van der Waals surface area contributed by atoms with E-state index < -0.39 is 11.6 Å². The molecule has 0 radical (unpaired) electrons. The zero-order chi connectivity index (χ0) is 14.7. The smallest absolute Gasteiger partial charge is 0.224 e. The van der Waals surface area contributed by atoms with Gasteiger partial charge in [0.2, 0.25) is 5.95 Å². The number of halogens is 4. The van der Waals surface area contributed by atoms with Crippen molar-refractivity contribution in [1.82, 2.24) is 9.97 Å². The van der Waals surface area contributed by atoms with E-state index in [0.717, 1.165) is 6.07 Å². The zero-order valence-corrected chi connectivity index (χ0v) is 11.9. The molecule has 0 atom stereocenters. The topological polar surface area (TPSA) is 49.8 Å². The van der Waals surface area contributed by atoms with Crippen molar-refractivity contribution in [3.63, 3.8) is 0 Å². The van der Waals surface area contributed by atoms with E-state index in [1.165, 1.54) is 6.20 Å². The summed E-state index contributed by atoms with van der Waals surface area (Å²) in [5.41, 5.74) is -0.101. The molecule has 0 unspecified atom stereocenters. The fourth-order valence-electron chi connectivity index (χ4n) is 1.48. The quantitative estimate of drug-likeness (QED) is 0.885. The summed E-state index contributed by atoms with van der Waals surface area (Å²) >= 11 is 11.7. The van der Waals surface area contributed by atoms with Crippen molar-refractivity contribution in [2.45, 2.75) is 6.92 Å². The number of rotatable bonds is 4. The number of nitrogens with one attached hydrogen (secondary N) is 2. The molecule has 1 aromatic heterocycles. The summed E-state index contributed by atoms with van der Waals surface area (Å²) in [4.78, 5) is 8.03. The van der Waals surface area contributed by atoms with Crippen LogP contribution in [0.4, 0.5) is 26.2 Å². The Hall–Kier alpha value is -1.66. The Morgan fingerprint density at radius 1 is 1.20 bits per heavy atom. The lowest BCUT2D eigenvalue weighted by Crippen LogP contribution is -2.05. The lowest BCUT2D eigenvalue weighted by Gasteiger charge is -2.11. The van der Waals surface area contributed by atoms with Crippen molar-refractivity contribution in [1.29, 1.82) is 0 Å². The van der Waals surface area contributed by atoms with Gasteiger partial charge in [-0.1, -0.05) is 23.2 Å². The van der Waals surface area contributed by atoms with E-state index in [1.54, 1.807) is 0 Å². The molecule has 4 nitrogen and oxygen atoms in total. The van der Waals surface area contributed by atoms with Crippen LogP contribution in [0.3, 0.4) is 0 Å². The molecule has 0 spiro atoms. The van der Waals surface area contributed by atoms with Crippen molar-refractivity contribution >= 4 is 40.7 Å². The SMILES string of the molecule is CCNc1ncc(Cl)c(Nc2c(F)cc(F)cc2Cl)n1. The van der Waals surface area contributed by atoms with E-state index in [4.69, 9.17) is 23.2 Å². The second-order valence-electron chi connectivity index (χ2n) is 3.79. The fourth-order valence-corrected chi connectivity index (χ4v) is 1.86. The van der Waals surface area contributed by atoms with Crippen LogP contribution < -0.4 is 10.6 Å². The predicted octanol–water partition coefficient (Wildman–Crippen LogP) is 4.24. The summed E-state index contributed by atoms with van der Waals surface area (Å²) in [6.45, 7) is 2.49. The van der Waals surface area contributed by atoms with Crippen LogP contribution in [0.5, 0.6) is 0 Å². The number of benzene rings is 1. The van der Waals surface area contributed by atoms with Gasteiger partial charge in [-0.25, -0.2) is 13.8 Å². The van der Waals surface area contributed by atoms with Crippen LogP contribution >= 0.6 is 23.2 Å². The molecule has 8 heteroatoms. The minimum atomic E-state index is -0.838. The number of hydrogen-bond acceptors (Lipinski definition) is 4. The van der Waals surface area contributed by atoms with Gasteiger partial charge in [0.15, 0.2) is 11.6 Å². The molecule has 0 saturated carbocycles. The van der Waals surface area contributed by atoms with Crippen molar-refractivity contribution in [3.8, 4) is 0 Å². The average Bonchev–Trinajstić information content (AvgIpc) is 2.37. The molecule has 0 saturated heterocycles. The van der Waals surface area contributed by atoms with Gasteiger partial charge in [0, 0.05) is 12.6 Å². The van der Waals surface area contributed by atoms with Gasteiger partial charge in [-0.05, 0) is 13.0 Å². The van der Waals surface area contributed by atoms with E-state index in [-0.39, 0.29) is 21.6 Å². The first-order chi connectivity index (χ1) is 9.51. The summed E-state index contributed by atoms with van der Waals surface area (Å²) in [7, 11) is 0. The average molecular weight is 319 g/mol. The molecule has 1 aromatic carbocycles. The predicted molar refractivity (Wildman–Crippen MR) is 75.9 cm³/mol. The van der Waals surface area contributed by atoms with Crippen molar-refractivity contribution < 1.29 is 8.78 Å². The second kappa shape index (κ2) is 6.19. The van der Waals surface area contributed by atoms with Gasteiger partial charge in [0.05, 0.1) is 16.9 Å². The molecule has 2 N–H and O–H groups in total. The van der Waals surface area contributed by atoms with Crippen LogP contribution in [0.25, 0.3) is 0 Å². The van der Waals surface area contributed by atoms with E-state index in [9.17, 15) is 8.78 Å². The Bertz CT molecular complexity index is 614. The third kappa shape index (κ3) is 3.26. The number of anilines is 3. The van der Waals surface area contributed by atoms with Gasteiger partial charge in [0.1, 0.15) is 10.8 Å². The van der Waals surface area contributed by atoms with Gasteiger partial charge < -0.3 is 10.6 Å². The van der Waals surface area contributed by atoms with E-state index in [1.807, 2.05) is 6.92 Å². The van der Waals surface area contributed by atoms with Gasteiger partial charge in [-0.15, -0.1) is 0 Å². The Balaban J connectivity index is 2.37. The van der Waals surface area contributed by atoms with Gasteiger partial charge in [-0.3, -0.25) is 0 Å². The summed E-state index contributed by atoms with van der Waals surface area (Å²) in [6.07, 6.45) is 1.37. The highest BCUT2D eigenvalue weighted by Crippen LogP contribution is 2.31. The van der Waals surface area contributed by atoms with Crippen LogP contribution in [-0.2, 0) is 0 Å². The van der Waals surface area contributed by atoms with Crippen LogP contribution in [0.2, 0.25) is 10.0 Å². The third-order valence-corrected chi connectivity index (χ3v) is 2.90. The molecule has 1 heterocycles. The van der Waals surface area contributed by atoms with Crippen LogP contribution in [-0.4, -0.2) is 16.5 Å². The summed E-state index contributed by atoms with van der Waals surface area (Å²) in [5, 5.41) is 5.61. The first-order valence-electron chi connectivity index (χ1n) is 5.69. The van der Waals surface area contributed by atoms with E-state index >= 15 is 0 Å². The van der Waals surface area contributed by atoms with Gasteiger partial charge in [-0.2, -0.15) is 4.98 Å². The first kappa shape index (κ1) is 14.7. The van der Waals surface area contributed by atoms with E-state index in [2.05, 4.69) is 20.6 Å².